The summed E-state index contributed by atoms with van der Waals surface area (Å²) in [6.45, 7) is 1.94. The average molecular weight is 556 g/mol. The van der Waals surface area contributed by atoms with Gasteiger partial charge >= 0.3 is 41.7 Å². The van der Waals surface area contributed by atoms with Crippen molar-refractivity contribution in [1.82, 2.24) is 0 Å². The maximum absolute atomic E-state index is 13.7. The van der Waals surface area contributed by atoms with Gasteiger partial charge in [0, 0.05) is 6.42 Å². The normalized spacial score (nSPS) is 16.0. The van der Waals surface area contributed by atoms with Crippen molar-refractivity contribution in [3.63, 3.8) is 0 Å². The van der Waals surface area contributed by atoms with E-state index in [0.29, 0.717) is 12.8 Å². The highest BCUT2D eigenvalue weighted by atomic mass is 19.4. The van der Waals surface area contributed by atoms with Crippen LogP contribution in [0.15, 0.2) is 0 Å². The number of halogens is 16. The minimum Gasteiger partial charge on any atom is -0.234 e. The Balaban J connectivity index is 5.47. The molecule has 0 aliphatic rings. The van der Waals surface area contributed by atoms with Crippen molar-refractivity contribution in [2.24, 2.45) is 0 Å². The van der Waals surface area contributed by atoms with Crippen LogP contribution in [0.5, 0.6) is 0 Å². The van der Waals surface area contributed by atoms with Gasteiger partial charge in [0.25, 0.3) is 0 Å². The second-order valence-electron chi connectivity index (χ2n) is 8.11. The second kappa shape index (κ2) is 11.5. The summed E-state index contributed by atoms with van der Waals surface area (Å²) in [7, 11) is 0. The Morgan fingerprint density at radius 3 is 1.17 bits per heavy atom. The molecule has 0 bridgehead atoms. The standard InChI is InChI=1S/C19H24F16/c1-2-3-4-5-6-7-8-9-10-11-13(21,22)16(27,28)14(23,24)12(20)15(25,26)17(29,30)18(31,32)19(33,34)35/h12H,2-11H2,1H3. The zero-order valence-corrected chi connectivity index (χ0v) is 18.2. The molecule has 0 rings (SSSR count). The number of unbranched alkanes of at least 4 members (excludes halogenated alkanes) is 8. The van der Waals surface area contributed by atoms with E-state index in [-0.39, 0.29) is 12.8 Å². The molecule has 212 valence electrons. The molecule has 0 aromatic carbocycles. The number of rotatable bonds is 16. The van der Waals surface area contributed by atoms with Gasteiger partial charge in [0.1, 0.15) is 0 Å². The van der Waals surface area contributed by atoms with Crippen LogP contribution in [-0.4, -0.2) is 47.9 Å². The van der Waals surface area contributed by atoms with E-state index in [9.17, 15) is 70.2 Å². The van der Waals surface area contributed by atoms with Crippen LogP contribution in [0.4, 0.5) is 70.2 Å². The zero-order valence-electron chi connectivity index (χ0n) is 18.2. The summed E-state index contributed by atoms with van der Waals surface area (Å²) in [6.07, 6.45) is -12.6. The van der Waals surface area contributed by atoms with Gasteiger partial charge in [-0.2, -0.15) is 65.9 Å². The molecule has 0 fully saturated rings. The lowest BCUT2D eigenvalue weighted by molar-refractivity contribution is -0.421. The molecule has 0 aromatic heterocycles. The fourth-order valence-electron chi connectivity index (χ4n) is 2.99. The first-order valence-electron chi connectivity index (χ1n) is 10.4. The van der Waals surface area contributed by atoms with Crippen molar-refractivity contribution in [3.8, 4) is 0 Å². The smallest absolute Gasteiger partial charge is 0.234 e. The molecule has 0 N–H and O–H groups in total. The molecule has 1 unspecified atom stereocenters. The Kier molecular flexibility index (Phi) is 11.1. The summed E-state index contributed by atoms with van der Waals surface area (Å²) in [6, 6.07) is 0. The highest BCUT2D eigenvalue weighted by Gasteiger charge is 2.88. The van der Waals surface area contributed by atoms with Crippen LogP contribution in [0.3, 0.4) is 0 Å². The van der Waals surface area contributed by atoms with Crippen molar-refractivity contribution < 1.29 is 70.2 Å². The van der Waals surface area contributed by atoms with E-state index in [4.69, 9.17) is 0 Å². The van der Waals surface area contributed by atoms with Crippen LogP contribution in [0, 0.1) is 0 Å². The van der Waals surface area contributed by atoms with E-state index in [2.05, 4.69) is 0 Å². The van der Waals surface area contributed by atoms with E-state index in [1.165, 1.54) is 0 Å². The third-order valence-corrected chi connectivity index (χ3v) is 5.28. The van der Waals surface area contributed by atoms with E-state index in [1.807, 2.05) is 6.92 Å². The lowest BCUT2D eigenvalue weighted by atomic mass is 9.89. The van der Waals surface area contributed by atoms with Gasteiger partial charge in [0.2, 0.25) is 6.17 Å². The quantitative estimate of drug-likeness (QED) is 0.131. The molecule has 0 spiro atoms. The van der Waals surface area contributed by atoms with E-state index in [1.54, 1.807) is 0 Å². The Labute approximate surface area is 190 Å². The van der Waals surface area contributed by atoms with Gasteiger partial charge in [0.15, 0.2) is 0 Å². The van der Waals surface area contributed by atoms with Crippen LogP contribution < -0.4 is 0 Å². The molecule has 1 atom stereocenters. The number of hydrogen-bond acceptors (Lipinski definition) is 0. The molecule has 16 heteroatoms. The van der Waals surface area contributed by atoms with E-state index in [0.717, 1.165) is 25.7 Å². The molecule has 35 heavy (non-hydrogen) atoms. The summed E-state index contributed by atoms with van der Waals surface area (Å²) in [5.74, 6) is -44.4. The zero-order chi connectivity index (χ0) is 28.1. The van der Waals surface area contributed by atoms with Gasteiger partial charge in [-0.1, -0.05) is 58.3 Å². The molecule has 0 saturated heterocycles. The molecular formula is C19H24F16. The first kappa shape index (κ1) is 33.9. The Morgan fingerprint density at radius 2 is 0.800 bits per heavy atom. The molecule has 0 aliphatic heterocycles. The van der Waals surface area contributed by atoms with Crippen molar-refractivity contribution >= 4 is 0 Å². The first-order chi connectivity index (χ1) is 15.5. The molecular weight excluding hydrogens is 532 g/mol. The van der Waals surface area contributed by atoms with Crippen LogP contribution in [0.25, 0.3) is 0 Å². The van der Waals surface area contributed by atoms with Crippen LogP contribution in [0.2, 0.25) is 0 Å². The van der Waals surface area contributed by atoms with Gasteiger partial charge in [0.05, 0.1) is 0 Å². The number of hydrogen-bond donors (Lipinski definition) is 0. The summed E-state index contributed by atoms with van der Waals surface area (Å²) in [4.78, 5) is 0. The third-order valence-electron chi connectivity index (χ3n) is 5.28. The highest BCUT2D eigenvalue weighted by molar-refractivity contribution is 5.11. The fraction of sp³-hybridized carbons (Fsp3) is 1.00. The maximum Gasteiger partial charge on any atom is 0.460 e. The van der Waals surface area contributed by atoms with Crippen LogP contribution in [-0.2, 0) is 0 Å². The maximum atomic E-state index is 13.7. The minimum atomic E-state index is -8.04. The molecule has 0 aliphatic carbocycles. The fourth-order valence-corrected chi connectivity index (χ4v) is 2.99. The van der Waals surface area contributed by atoms with Crippen LogP contribution >= 0.6 is 0 Å². The van der Waals surface area contributed by atoms with Gasteiger partial charge in [-0.3, -0.25) is 0 Å². The van der Waals surface area contributed by atoms with Gasteiger partial charge in [-0.25, -0.2) is 4.39 Å². The van der Waals surface area contributed by atoms with Crippen molar-refractivity contribution in [2.75, 3.05) is 0 Å². The molecule has 0 heterocycles. The Hall–Kier alpha value is -1.12. The molecule has 0 aromatic rings. The predicted molar refractivity (Wildman–Crippen MR) is 92.5 cm³/mol. The summed E-state index contributed by atoms with van der Waals surface area (Å²) in [5, 5.41) is 0. The molecule has 0 saturated carbocycles. The SMILES string of the molecule is CCCCCCCCCCCC(F)(F)C(F)(F)C(F)(F)C(F)C(F)(F)C(F)(F)C(F)(F)C(F)(F)F. The van der Waals surface area contributed by atoms with Crippen molar-refractivity contribution in [2.45, 2.75) is 119 Å². The molecule has 0 amide bonds. The van der Waals surface area contributed by atoms with E-state index >= 15 is 0 Å². The highest BCUT2D eigenvalue weighted by Crippen LogP contribution is 2.59. The summed E-state index contributed by atoms with van der Waals surface area (Å²) >= 11 is 0. The largest absolute Gasteiger partial charge is 0.460 e. The van der Waals surface area contributed by atoms with E-state index < -0.39 is 60.7 Å². The lowest BCUT2D eigenvalue weighted by Crippen LogP contribution is -2.70. The molecule has 0 radical (unpaired) electrons. The van der Waals surface area contributed by atoms with Crippen molar-refractivity contribution in [1.29, 1.82) is 0 Å². The minimum absolute atomic E-state index is 0.173. The summed E-state index contributed by atoms with van der Waals surface area (Å²) < 4.78 is 210. The third kappa shape index (κ3) is 6.80. The number of alkyl halides is 16. The average Bonchev–Trinajstić information content (AvgIpc) is 2.70. The summed E-state index contributed by atoms with van der Waals surface area (Å²) in [5.41, 5.74) is 0. The first-order valence-corrected chi connectivity index (χ1v) is 10.4. The Morgan fingerprint density at radius 1 is 0.457 bits per heavy atom. The lowest BCUT2D eigenvalue weighted by Gasteiger charge is -2.40. The van der Waals surface area contributed by atoms with Crippen molar-refractivity contribution in [3.05, 3.63) is 0 Å². The Bertz CT molecular complexity index is 637. The topological polar surface area (TPSA) is 0 Å². The van der Waals surface area contributed by atoms with Crippen LogP contribution in [0.1, 0.15) is 71.1 Å². The molecule has 0 nitrogen and oxygen atoms in total. The van der Waals surface area contributed by atoms with Gasteiger partial charge < -0.3 is 0 Å². The monoisotopic (exact) mass is 556 g/mol. The van der Waals surface area contributed by atoms with Gasteiger partial charge in [-0.15, -0.1) is 0 Å². The second-order valence-corrected chi connectivity index (χ2v) is 8.11. The van der Waals surface area contributed by atoms with Gasteiger partial charge in [-0.05, 0) is 6.42 Å². The predicted octanol–water partition coefficient (Wildman–Crippen LogP) is 9.62.